The van der Waals surface area contributed by atoms with Crippen LogP contribution in [0.5, 0.6) is 11.5 Å². The van der Waals surface area contributed by atoms with Gasteiger partial charge in [0.2, 0.25) is 0 Å². The van der Waals surface area contributed by atoms with E-state index in [9.17, 15) is 4.79 Å². The lowest BCUT2D eigenvalue weighted by molar-refractivity contribution is 0.102. The van der Waals surface area contributed by atoms with Crippen molar-refractivity contribution in [3.05, 3.63) is 84.2 Å². The highest BCUT2D eigenvalue weighted by Gasteiger charge is 2.08. The number of aryl methyl sites for hydroxylation is 1. The number of hydrogen-bond donors (Lipinski definition) is 1. The predicted octanol–water partition coefficient (Wildman–Crippen LogP) is 5.46. The lowest BCUT2D eigenvalue weighted by atomic mass is 10.2. The van der Waals surface area contributed by atoms with Crippen molar-refractivity contribution in [2.45, 2.75) is 20.8 Å². The quantitative estimate of drug-likeness (QED) is 0.689. The van der Waals surface area contributed by atoms with Gasteiger partial charge < -0.3 is 10.1 Å². The molecule has 0 fully saturated rings. The van der Waals surface area contributed by atoms with Crippen LogP contribution in [0.15, 0.2) is 73.1 Å². The molecule has 0 saturated heterocycles. The first-order valence-corrected chi connectivity index (χ1v) is 8.27. The summed E-state index contributed by atoms with van der Waals surface area (Å²) in [5.74, 6) is 1.15. The molecule has 0 unspecified atom stereocenters. The van der Waals surface area contributed by atoms with Gasteiger partial charge in [-0.2, -0.15) is 0 Å². The molecule has 1 heterocycles. The van der Waals surface area contributed by atoms with Crippen molar-refractivity contribution in [1.82, 2.24) is 4.98 Å². The van der Waals surface area contributed by atoms with Crippen LogP contribution in [0, 0.1) is 6.92 Å². The van der Waals surface area contributed by atoms with E-state index in [-0.39, 0.29) is 5.91 Å². The number of pyridine rings is 1. The molecule has 1 aromatic heterocycles. The summed E-state index contributed by atoms with van der Waals surface area (Å²) in [6.07, 6.45) is 3.26. The second-order valence-corrected chi connectivity index (χ2v) is 5.14. The van der Waals surface area contributed by atoms with Gasteiger partial charge in [0.05, 0.1) is 11.9 Å². The van der Waals surface area contributed by atoms with Crippen molar-refractivity contribution in [3.63, 3.8) is 0 Å². The number of benzene rings is 2. The Labute approximate surface area is 148 Å². The van der Waals surface area contributed by atoms with Gasteiger partial charge in [-0.3, -0.25) is 9.78 Å². The molecule has 1 amide bonds. The maximum Gasteiger partial charge on any atom is 0.255 e. The molecule has 0 spiro atoms. The highest BCUT2D eigenvalue weighted by molar-refractivity contribution is 6.04. The molecule has 0 radical (unpaired) electrons. The summed E-state index contributed by atoms with van der Waals surface area (Å²) in [6.45, 7) is 6.02. The Balaban J connectivity index is 0.00000109. The first-order chi connectivity index (χ1) is 12.2. The molecule has 3 rings (SSSR count). The van der Waals surface area contributed by atoms with Gasteiger partial charge in [-0.25, -0.2) is 0 Å². The number of nitrogens with zero attached hydrogens (tertiary/aromatic N) is 1. The van der Waals surface area contributed by atoms with Crippen molar-refractivity contribution in [3.8, 4) is 11.5 Å². The number of carbonyl (C=O) groups is 1. The topological polar surface area (TPSA) is 51.2 Å². The molecule has 3 aromatic rings. The highest BCUT2D eigenvalue weighted by Crippen LogP contribution is 2.23. The van der Waals surface area contributed by atoms with Gasteiger partial charge in [-0.1, -0.05) is 37.6 Å². The summed E-state index contributed by atoms with van der Waals surface area (Å²) < 4.78 is 5.78. The summed E-state index contributed by atoms with van der Waals surface area (Å²) in [7, 11) is 0. The minimum Gasteiger partial charge on any atom is -0.457 e. The monoisotopic (exact) mass is 334 g/mol. The van der Waals surface area contributed by atoms with Crippen LogP contribution in [0.25, 0.3) is 0 Å². The molecule has 0 aliphatic heterocycles. The van der Waals surface area contributed by atoms with Crippen LogP contribution < -0.4 is 10.1 Å². The summed E-state index contributed by atoms with van der Waals surface area (Å²) in [5, 5.41) is 2.80. The fraction of sp³-hybridized carbons (Fsp3) is 0.143. The smallest absolute Gasteiger partial charge is 0.255 e. The van der Waals surface area contributed by atoms with E-state index in [0.717, 1.165) is 5.75 Å². The van der Waals surface area contributed by atoms with Gasteiger partial charge in [-0.05, 0) is 49.4 Å². The Morgan fingerprint density at radius 1 is 0.960 bits per heavy atom. The fourth-order valence-electron chi connectivity index (χ4n) is 2.08. The number of aromatic nitrogens is 1. The van der Waals surface area contributed by atoms with E-state index < -0.39 is 0 Å². The van der Waals surface area contributed by atoms with E-state index in [2.05, 4.69) is 10.3 Å². The van der Waals surface area contributed by atoms with E-state index in [1.54, 1.807) is 42.7 Å². The number of nitrogens with one attached hydrogen (secondary N) is 1. The largest absolute Gasteiger partial charge is 0.457 e. The average Bonchev–Trinajstić information content (AvgIpc) is 2.66. The Bertz CT molecular complexity index is 800. The van der Waals surface area contributed by atoms with E-state index in [1.165, 1.54) is 5.56 Å². The predicted molar refractivity (Wildman–Crippen MR) is 101 cm³/mol. The minimum absolute atomic E-state index is 0.202. The Hall–Kier alpha value is -3.14. The van der Waals surface area contributed by atoms with Gasteiger partial charge in [0.1, 0.15) is 11.5 Å². The SMILES string of the molecule is CC.Cc1ccc(Oc2cccc(C(=O)Nc3cccnc3)c2)cc1. The molecule has 0 atom stereocenters. The summed E-state index contributed by atoms with van der Waals surface area (Å²) >= 11 is 0. The molecule has 4 nitrogen and oxygen atoms in total. The lowest BCUT2D eigenvalue weighted by Gasteiger charge is -2.08. The molecule has 0 saturated carbocycles. The number of ether oxygens (including phenoxy) is 1. The molecule has 1 N–H and O–H groups in total. The maximum absolute atomic E-state index is 12.3. The van der Waals surface area contributed by atoms with Gasteiger partial charge in [0.15, 0.2) is 0 Å². The zero-order chi connectivity index (χ0) is 18.1. The normalized spacial score (nSPS) is 9.56. The Morgan fingerprint density at radius 3 is 2.40 bits per heavy atom. The van der Waals surface area contributed by atoms with Crippen LogP contribution in [0.2, 0.25) is 0 Å². The number of anilines is 1. The Kier molecular flexibility index (Phi) is 6.72. The third-order valence-corrected chi connectivity index (χ3v) is 3.27. The standard InChI is InChI=1S/C19H16N2O2.C2H6/c1-14-7-9-17(10-8-14)23-18-6-2-4-15(12-18)19(22)21-16-5-3-11-20-13-16;1-2/h2-13H,1H3,(H,21,22);1-2H3. The molecule has 0 aliphatic rings. The van der Waals surface area contributed by atoms with Crippen LogP contribution in [0.4, 0.5) is 5.69 Å². The van der Waals surface area contributed by atoms with Crippen LogP contribution >= 0.6 is 0 Å². The van der Waals surface area contributed by atoms with E-state index in [1.807, 2.05) is 51.1 Å². The van der Waals surface area contributed by atoms with Gasteiger partial charge in [0, 0.05) is 11.8 Å². The highest BCUT2D eigenvalue weighted by atomic mass is 16.5. The minimum atomic E-state index is -0.202. The van der Waals surface area contributed by atoms with Crippen LogP contribution in [-0.2, 0) is 0 Å². The van der Waals surface area contributed by atoms with Crippen molar-refractivity contribution in [2.24, 2.45) is 0 Å². The number of hydrogen-bond acceptors (Lipinski definition) is 3. The fourth-order valence-corrected chi connectivity index (χ4v) is 2.08. The molecule has 4 heteroatoms. The van der Waals surface area contributed by atoms with Crippen LogP contribution in [0.3, 0.4) is 0 Å². The number of rotatable bonds is 4. The van der Waals surface area contributed by atoms with Crippen molar-refractivity contribution in [1.29, 1.82) is 0 Å². The van der Waals surface area contributed by atoms with Crippen molar-refractivity contribution >= 4 is 11.6 Å². The zero-order valence-electron chi connectivity index (χ0n) is 14.7. The molecule has 0 aliphatic carbocycles. The molecule has 25 heavy (non-hydrogen) atoms. The molecular weight excluding hydrogens is 312 g/mol. The second kappa shape index (κ2) is 9.23. The summed E-state index contributed by atoms with van der Waals surface area (Å²) in [6, 6.07) is 18.4. The third kappa shape index (κ3) is 5.46. The van der Waals surface area contributed by atoms with Crippen molar-refractivity contribution in [2.75, 3.05) is 5.32 Å². The van der Waals surface area contributed by atoms with E-state index in [0.29, 0.717) is 17.0 Å². The number of amides is 1. The first-order valence-electron chi connectivity index (χ1n) is 8.27. The number of carbonyl (C=O) groups excluding carboxylic acids is 1. The van der Waals surface area contributed by atoms with Crippen LogP contribution in [-0.4, -0.2) is 10.9 Å². The third-order valence-electron chi connectivity index (χ3n) is 3.27. The lowest BCUT2D eigenvalue weighted by Crippen LogP contribution is -2.11. The maximum atomic E-state index is 12.3. The molecule has 0 bridgehead atoms. The molecular formula is C21H22N2O2. The van der Waals surface area contributed by atoms with Crippen LogP contribution in [0.1, 0.15) is 29.8 Å². The zero-order valence-corrected chi connectivity index (χ0v) is 14.7. The molecule has 128 valence electrons. The van der Waals surface area contributed by atoms with Crippen molar-refractivity contribution < 1.29 is 9.53 Å². The second-order valence-electron chi connectivity index (χ2n) is 5.14. The first kappa shape index (κ1) is 18.2. The summed E-state index contributed by atoms with van der Waals surface area (Å²) in [4.78, 5) is 16.2. The Morgan fingerprint density at radius 2 is 1.72 bits per heavy atom. The van der Waals surface area contributed by atoms with Gasteiger partial charge in [-0.15, -0.1) is 0 Å². The van der Waals surface area contributed by atoms with E-state index in [4.69, 9.17) is 4.74 Å². The van der Waals surface area contributed by atoms with Gasteiger partial charge >= 0.3 is 0 Å². The van der Waals surface area contributed by atoms with E-state index >= 15 is 0 Å². The summed E-state index contributed by atoms with van der Waals surface area (Å²) in [5.41, 5.74) is 2.35. The van der Waals surface area contributed by atoms with Gasteiger partial charge in [0.25, 0.3) is 5.91 Å². The average molecular weight is 334 g/mol. The molecule has 2 aromatic carbocycles.